The van der Waals surface area contributed by atoms with Gasteiger partial charge in [-0.25, -0.2) is 8.42 Å². The molecule has 1 aliphatic rings. The van der Waals surface area contributed by atoms with Crippen LogP contribution in [-0.2, 0) is 23.0 Å². The van der Waals surface area contributed by atoms with Gasteiger partial charge in [0.25, 0.3) is 0 Å². The summed E-state index contributed by atoms with van der Waals surface area (Å²) in [4.78, 5) is 0.348. The van der Waals surface area contributed by atoms with Crippen molar-refractivity contribution in [1.82, 2.24) is 4.31 Å². The second kappa shape index (κ2) is 5.16. The zero-order valence-corrected chi connectivity index (χ0v) is 12.7. The van der Waals surface area contributed by atoms with E-state index in [4.69, 9.17) is 5.73 Å². The lowest BCUT2D eigenvalue weighted by atomic mass is 9.99. The van der Waals surface area contributed by atoms with Crippen LogP contribution in [0.15, 0.2) is 47.4 Å². The van der Waals surface area contributed by atoms with Crippen LogP contribution < -0.4 is 5.73 Å². The summed E-state index contributed by atoms with van der Waals surface area (Å²) in [6, 6.07) is 12.7. The number of nitrogen functional groups attached to an aromatic ring is 1. The van der Waals surface area contributed by atoms with E-state index in [1.807, 2.05) is 37.3 Å². The fourth-order valence-electron chi connectivity index (χ4n) is 2.68. The van der Waals surface area contributed by atoms with Gasteiger partial charge in [-0.2, -0.15) is 4.31 Å². The maximum atomic E-state index is 12.7. The molecule has 21 heavy (non-hydrogen) atoms. The summed E-state index contributed by atoms with van der Waals surface area (Å²) >= 11 is 0. The van der Waals surface area contributed by atoms with Gasteiger partial charge < -0.3 is 5.73 Å². The van der Waals surface area contributed by atoms with Crippen LogP contribution in [0.25, 0.3) is 0 Å². The van der Waals surface area contributed by atoms with Crippen LogP contribution in [0.2, 0.25) is 0 Å². The molecule has 3 rings (SSSR count). The van der Waals surface area contributed by atoms with Crippen LogP contribution >= 0.6 is 0 Å². The molecular weight excluding hydrogens is 284 g/mol. The van der Waals surface area contributed by atoms with E-state index in [1.165, 1.54) is 4.31 Å². The van der Waals surface area contributed by atoms with Crippen LogP contribution in [0, 0.1) is 6.92 Å². The molecule has 0 fully saturated rings. The normalized spacial score (nSPS) is 15.7. The van der Waals surface area contributed by atoms with E-state index >= 15 is 0 Å². The first kappa shape index (κ1) is 14.1. The standard InChI is InChI=1S/C16H18N2O2S/c1-12-5-7-14(8-6-12)21(19,20)18-10-9-15-13(11-18)3-2-4-16(15)17/h2-8H,9-11,17H2,1H3. The van der Waals surface area contributed by atoms with Crippen molar-refractivity contribution < 1.29 is 8.42 Å². The first-order valence-electron chi connectivity index (χ1n) is 6.91. The molecule has 2 N–H and O–H groups in total. The molecular formula is C16H18N2O2S. The number of aryl methyl sites for hydroxylation is 1. The predicted octanol–water partition coefficient (Wildman–Crippen LogP) is 2.32. The number of rotatable bonds is 2. The molecule has 0 atom stereocenters. The Morgan fingerprint density at radius 3 is 2.52 bits per heavy atom. The largest absolute Gasteiger partial charge is 0.398 e. The van der Waals surface area contributed by atoms with Crippen molar-refractivity contribution in [2.24, 2.45) is 0 Å². The van der Waals surface area contributed by atoms with Crippen LogP contribution in [0.5, 0.6) is 0 Å². The highest BCUT2D eigenvalue weighted by molar-refractivity contribution is 7.89. The van der Waals surface area contributed by atoms with E-state index in [-0.39, 0.29) is 0 Å². The molecule has 2 aromatic carbocycles. The van der Waals surface area contributed by atoms with Crippen molar-refractivity contribution in [3.8, 4) is 0 Å². The van der Waals surface area contributed by atoms with E-state index in [1.54, 1.807) is 12.1 Å². The monoisotopic (exact) mass is 302 g/mol. The second-order valence-electron chi connectivity index (χ2n) is 5.39. The summed E-state index contributed by atoms with van der Waals surface area (Å²) in [7, 11) is -3.44. The molecule has 0 spiro atoms. The Bertz CT molecular complexity index is 767. The molecule has 0 bridgehead atoms. The lowest BCUT2D eigenvalue weighted by Crippen LogP contribution is -2.36. The Morgan fingerprint density at radius 1 is 1.10 bits per heavy atom. The first-order valence-corrected chi connectivity index (χ1v) is 8.35. The number of benzene rings is 2. The molecule has 0 saturated carbocycles. The minimum absolute atomic E-state index is 0.348. The lowest BCUT2D eigenvalue weighted by molar-refractivity contribution is 0.392. The quantitative estimate of drug-likeness (QED) is 0.866. The van der Waals surface area contributed by atoms with Crippen LogP contribution in [0.4, 0.5) is 5.69 Å². The van der Waals surface area contributed by atoms with Crippen molar-refractivity contribution in [1.29, 1.82) is 0 Å². The maximum absolute atomic E-state index is 12.7. The molecule has 1 heterocycles. The van der Waals surface area contributed by atoms with Gasteiger partial charge in [-0.1, -0.05) is 29.8 Å². The van der Waals surface area contributed by atoms with E-state index in [0.29, 0.717) is 24.4 Å². The van der Waals surface area contributed by atoms with E-state index < -0.39 is 10.0 Å². The Kier molecular flexibility index (Phi) is 3.47. The van der Waals surface area contributed by atoms with Gasteiger partial charge in [0.2, 0.25) is 10.0 Å². The van der Waals surface area contributed by atoms with Crippen LogP contribution in [0.1, 0.15) is 16.7 Å². The van der Waals surface area contributed by atoms with Gasteiger partial charge in [0, 0.05) is 18.8 Å². The van der Waals surface area contributed by atoms with Gasteiger partial charge in [-0.05, 0) is 42.7 Å². The van der Waals surface area contributed by atoms with Crippen molar-refractivity contribution in [2.75, 3.05) is 12.3 Å². The van der Waals surface area contributed by atoms with Gasteiger partial charge >= 0.3 is 0 Å². The van der Waals surface area contributed by atoms with Crippen LogP contribution in [-0.4, -0.2) is 19.3 Å². The fourth-order valence-corrected chi connectivity index (χ4v) is 4.10. The van der Waals surface area contributed by atoms with Gasteiger partial charge in [-0.3, -0.25) is 0 Å². The Balaban J connectivity index is 1.93. The number of hydrogen-bond acceptors (Lipinski definition) is 3. The molecule has 0 unspecified atom stereocenters. The van der Waals surface area contributed by atoms with E-state index in [0.717, 1.165) is 22.4 Å². The molecule has 0 radical (unpaired) electrons. The third-order valence-electron chi connectivity index (χ3n) is 3.93. The highest BCUT2D eigenvalue weighted by Gasteiger charge is 2.28. The summed E-state index contributed by atoms with van der Waals surface area (Å²) in [5.41, 5.74) is 9.83. The highest BCUT2D eigenvalue weighted by Crippen LogP contribution is 2.28. The Labute approximate surface area is 125 Å². The van der Waals surface area contributed by atoms with E-state index in [2.05, 4.69) is 0 Å². The predicted molar refractivity (Wildman–Crippen MR) is 83.3 cm³/mol. The minimum Gasteiger partial charge on any atom is -0.398 e. The average Bonchev–Trinajstić information content (AvgIpc) is 2.47. The summed E-state index contributed by atoms with van der Waals surface area (Å²) < 4.78 is 26.9. The van der Waals surface area contributed by atoms with Gasteiger partial charge in [0.05, 0.1) is 4.90 Å². The number of fused-ring (bicyclic) bond motifs is 1. The molecule has 0 amide bonds. The molecule has 110 valence electrons. The Morgan fingerprint density at radius 2 is 1.81 bits per heavy atom. The summed E-state index contributed by atoms with van der Waals surface area (Å²) in [5.74, 6) is 0. The van der Waals surface area contributed by atoms with Crippen molar-refractivity contribution in [2.45, 2.75) is 24.8 Å². The van der Waals surface area contributed by atoms with Gasteiger partial charge in [0.15, 0.2) is 0 Å². The molecule has 5 heteroatoms. The fraction of sp³-hybridized carbons (Fsp3) is 0.250. The lowest BCUT2D eigenvalue weighted by Gasteiger charge is -2.28. The maximum Gasteiger partial charge on any atom is 0.243 e. The third kappa shape index (κ3) is 2.54. The SMILES string of the molecule is Cc1ccc(S(=O)(=O)N2CCc3c(N)cccc3C2)cc1. The molecule has 0 aliphatic carbocycles. The molecule has 2 aromatic rings. The molecule has 0 saturated heterocycles. The Hall–Kier alpha value is -1.85. The zero-order chi connectivity index (χ0) is 15.0. The number of hydrogen-bond donors (Lipinski definition) is 1. The number of nitrogens with zero attached hydrogens (tertiary/aromatic N) is 1. The average molecular weight is 302 g/mol. The molecule has 1 aliphatic heterocycles. The summed E-state index contributed by atoms with van der Waals surface area (Å²) in [5, 5.41) is 0. The number of sulfonamides is 1. The number of nitrogens with two attached hydrogens (primary N) is 1. The van der Waals surface area contributed by atoms with Crippen LogP contribution in [0.3, 0.4) is 0 Å². The third-order valence-corrected chi connectivity index (χ3v) is 5.79. The van der Waals surface area contributed by atoms with Gasteiger partial charge in [-0.15, -0.1) is 0 Å². The summed E-state index contributed by atoms with van der Waals surface area (Å²) in [6.07, 6.45) is 0.660. The van der Waals surface area contributed by atoms with Crippen molar-refractivity contribution in [3.63, 3.8) is 0 Å². The zero-order valence-electron chi connectivity index (χ0n) is 11.9. The van der Waals surface area contributed by atoms with Crippen molar-refractivity contribution in [3.05, 3.63) is 59.2 Å². The highest BCUT2D eigenvalue weighted by atomic mass is 32.2. The first-order chi connectivity index (χ1) is 9.98. The summed E-state index contributed by atoms with van der Waals surface area (Å²) in [6.45, 7) is 2.80. The molecule has 4 nitrogen and oxygen atoms in total. The molecule has 0 aromatic heterocycles. The topological polar surface area (TPSA) is 63.4 Å². The van der Waals surface area contributed by atoms with Crippen molar-refractivity contribution >= 4 is 15.7 Å². The number of anilines is 1. The van der Waals surface area contributed by atoms with Gasteiger partial charge in [0.1, 0.15) is 0 Å². The second-order valence-corrected chi connectivity index (χ2v) is 7.32. The minimum atomic E-state index is -3.44. The smallest absolute Gasteiger partial charge is 0.243 e. The van der Waals surface area contributed by atoms with E-state index in [9.17, 15) is 8.42 Å².